The lowest BCUT2D eigenvalue weighted by atomic mass is 10.0. The average Bonchev–Trinajstić information content (AvgIpc) is 2.87. The normalized spacial score (nSPS) is 28.1. The van der Waals surface area contributed by atoms with Gasteiger partial charge < -0.3 is 15.1 Å². The van der Waals surface area contributed by atoms with E-state index in [2.05, 4.69) is 29.1 Å². The summed E-state index contributed by atoms with van der Waals surface area (Å²) in [5.74, 6) is 1.02. The predicted octanol–water partition coefficient (Wildman–Crippen LogP) is 1.32. The fourth-order valence-electron chi connectivity index (χ4n) is 3.38. The zero-order chi connectivity index (χ0) is 13.7. The van der Waals surface area contributed by atoms with Gasteiger partial charge in [0.15, 0.2) is 0 Å². The first-order valence-corrected chi connectivity index (χ1v) is 7.91. The summed E-state index contributed by atoms with van der Waals surface area (Å²) in [6.07, 6.45) is 5.81. The van der Waals surface area contributed by atoms with Gasteiger partial charge in [-0.3, -0.25) is 4.79 Å². The molecule has 4 heteroatoms. The number of carbonyl (C=O) groups excluding carboxylic acids is 1. The number of carbonyl (C=O) groups is 1. The number of hydrogen-bond acceptors (Lipinski definition) is 3. The number of hydrogen-bond donors (Lipinski definition) is 1. The van der Waals surface area contributed by atoms with Crippen LogP contribution in [0.15, 0.2) is 0 Å². The first-order valence-electron chi connectivity index (χ1n) is 7.91. The van der Waals surface area contributed by atoms with Gasteiger partial charge in [-0.25, -0.2) is 0 Å². The van der Waals surface area contributed by atoms with Crippen molar-refractivity contribution in [3.05, 3.63) is 0 Å². The number of amides is 1. The lowest BCUT2D eigenvalue weighted by Crippen LogP contribution is -2.48. The second-order valence-corrected chi connectivity index (χ2v) is 6.20. The molecule has 0 aromatic rings. The van der Waals surface area contributed by atoms with Crippen molar-refractivity contribution in [2.75, 3.05) is 39.8 Å². The molecule has 1 unspecified atom stereocenters. The largest absolute Gasteiger partial charge is 0.341 e. The van der Waals surface area contributed by atoms with Gasteiger partial charge in [-0.15, -0.1) is 0 Å². The van der Waals surface area contributed by atoms with Crippen molar-refractivity contribution in [2.24, 2.45) is 5.92 Å². The lowest BCUT2D eigenvalue weighted by Gasteiger charge is -2.27. The molecule has 2 aliphatic heterocycles. The van der Waals surface area contributed by atoms with Crippen LogP contribution in [0.4, 0.5) is 0 Å². The third kappa shape index (κ3) is 4.18. The molecule has 110 valence electrons. The van der Waals surface area contributed by atoms with Gasteiger partial charge in [0, 0.05) is 19.6 Å². The van der Waals surface area contributed by atoms with Crippen LogP contribution in [-0.2, 0) is 4.79 Å². The summed E-state index contributed by atoms with van der Waals surface area (Å²) in [4.78, 5) is 16.9. The highest BCUT2D eigenvalue weighted by molar-refractivity contribution is 5.82. The van der Waals surface area contributed by atoms with Crippen LogP contribution >= 0.6 is 0 Å². The van der Waals surface area contributed by atoms with E-state index in [1.54, 1.807) is 0 Å². The molecule has 0 saturated carbocycles. The first kappa shape index (κ1) is 14.8. The first-order chi connectivity index (χ1) is 9.20. The van der Waals surface area contributed by atoms with E-state index in [-0.39, 0.29) is 6.04 Å². The Morgan fingerprint density at radius 1 is 1.37 bits per heavy atom. The van der Waals surface area contributed by atoms with Crippen LogP contribution in [0.5, 0.6) is 0 Å². The molecule has 0 aliphatic carbocycles. The van der Waals surface area contributed by atoms with E-state index in [0.29, 0.717) is 11.8 Å². The van der Waals surface area contributed by atoms with Crippen LogP contribution in [0.3, 0.4) is 0 Å². The monoisotopic (exact) mass is 267 g/mol. The zero-order valence-electron chi connectivity index (χ0n) is 12.5. The van der Waals surface area contributed by atoms with Gasteiger partial charge in [0.25, 0.3) is 0 Å². The molecule has 0 spiro atoms. The highest BCUT2D eigenvalue weighted by atomic mass is 16.2. The van der Waals surface area contributed by atoms with Crippen LogP contribution in [0.1, 0.15) is 39.0 Å². The van der Waals surface area contributed by atoms with E-state index in [1.165, 1.54) is 25.7 Å². The number of likely N-dealkylation sites (tertiary alicyclic amines) is 1. The minimum atomic E-state index is 0.0980. The molecule has 4 nitrogen and oxygen atoms in total. The minimum Gasteiger partial charge on any atom is -0.341 e. The van der Waals surface area contributed by atoms with E-state index in [0.717, 1.165) is 39.1 Å². The van der Waals surface area contributed by atoms with Crippen molar-refractivity contribution in [2.45, 2.75) is 45.1 Å². The van der Waals surface area contributed by atoms with Gasteiger partial charge >= 0.3 is 0 Å². The highest BCUT2D eigenvalue weighted by Gasteiger charge is 2.31. The summed E-state index contributed by atoms with van der Waals surface area (Å²) in [5, 5.41) is 3.37. The zero-order valence-corrected chi connectivity index (χ0v) is 12.5. The summed E-state index contributed by atoms with van der Waals surface area (Å²) >= 11 is 0. The summed E-state index contributed by atoms with van der Waals surface area (Å²) in [6.45, 7) is 7.44. The third-order valence-corrected chi connectivity index (χ3v) is 4.38. The highest BCUT2D eigenvalue weighted by Crippen LogP contribution is 2.20. The number of piperidine rings is 1. The van der Waals surface area contributed by atoms with E-state index >= 15 is 0 Å². The summed E-state index contributed by atoms with van der Waals surface area (Å²) in [7, 11) is 2.19. The third-order valence-electron chi connectivity index (χ3n) is 4.38. The molecule has 2 fully saturated rings. The Hall–Kier alpha value is -0.610. The molecule has 2 heterocycles. The Morgan fingerprint density at radius 2 is 2.21 bits per heavy atom. The van der Waals surface area contributed by atoms with Gasteiger partial charge in [-0.2, -0.15) is 0 Å². The molecule has 2 rings (SSSR count). The van der Waals surface area contributed by atoms with E-state index in [1.807, 2.05) is 0 Å². The van der Waals surface area contributed by atoms with Crippen LogP contribution in [0, 0.1) is 5.92 Å². The molecular formula is C15H29N3O. The van der Waals surface area contributed by atoms with Crippen LogP contribution in [0.25, 0.3) is 0 Å². The van der Waals surface area contributed by atoms with Crippen LogP contribution in [0.2, 0.25) is 0 Å². The number of rotatable bonds is 5. The van der Waals surface area contributed by atoms with Crippen LogP contribution < -0.4 is 5.32 Å². The van der Waals surface area contributed by atoms with Crippen molar-refractivity contribution in [3.63, 3.8) is 0 Å². The van der Waals surface area contributed by atoms with Crippen LogP contribution in [-0.4, -0.2) is 61.5 Å². The lowest BCUT2D eigenvalue weighted by molar-refractivity contribution is -0.133. The summed E-state index contributed by atoms with van der Waals surface area (Å²) < 4.78 is 0. The maximum Gasteiger partial charge on any atom is 0.239 e. The van der Waals surface area contributed by atoms with Crippen molar-refractivity contribution in [3.8, 4) is 0 Å². The molecule has 0 bridgehead atoms. The van der Waals surface area contributed by atoms with Gasteiger partial charge in [-0.05, 0) is 51.7 Å². The number of nitrogens with one attached hydrogen (secondary N) is 1. The summed E-state index contributed by atoms with van der Waals surface area (Å²) in [5.41, 5.74) is 0. The molecule has 0 radical (unpaired) electrons. The Balaban J connectivity index is 1.75. The summed E-state index contributed by atoms with van der Waals surface area (Å²) in [6, 6.07) is 0.0980. The Morgan fingerprint density at radius 3 is 2.89 bits per heavy atom. The van der Waals surface area contributed by atoms with E-state index in [9.17, 15) is 4.79 Å². The van der Waals surface area contributed by atoms with E-state index < -0.39 is 0 Å². The molecule has 1 N–H and O–H groups in total. The van der Waals surface area contributed by atoms with Gasteiger partial charge in [0.05, 0.1) is 6.04 Å². The van der Waals surface area contributed by atoms with Crippen molar-refractivity contribution >= 4 is 5.91 Å². The average molecular weight is 267 g/mol. The second kappa shape index (κ2) is 7.25. The fraction of sp³-hybridized carbons (Fsp3) is 0.933. The standard InChI is InChI=1S/C15H29N3O/c1-3-9-17(2)11-13-7-10-18(12-13)15(19)14-6-4-5-8-16-14/h13-14,16H,3-12H2,1-2H3/t13?,14-/m1/s1. The molecule has 1 amide bonds. The minimum absolute atomic E-state index is 0.0980. The van der Waals surface area contributed by atoms with Gasteiger partial charge in [0.1, 0.15) is 0 Å². The Bertz CT molecular complexity index is 289. The molecule has 2 aliphatic rings. The second-order valence-electron chi connectivity index (χ2n) is 6.20. The number of nitrogens with zero attached hydrogens (tertiary/aromatic N) is 2. The van der Waals surface area contributed by atoms with Crippen molar-refractivity contribution < 1.29 is 4.79 Å². The van der Waals surface area contributed by atoms with Gasteiger partial charge in [0.2, 0.25) is 5.91 Å². The van der Waals surface area contributed by atoms with Gasteiger partial charge in [-0.1, -0.05) is 13.3 Å². The molecule has 0 aromatic carbocycles. The predicted molar refractivity (Wildman–Crippen MR) is 78.1 cm³/mol. The molecule has 2 saturated heterocycles. The Labute approximate surface area is 117 Å². The quantitative estimate of drug-likeness (QED) is 0.816. The SMILES string of the molecule is CCCN(C)CC1CCN(C(=O)[C@H]2CCCCN2)C1. The molecule has 2 atom stereocenters. The van der Waals surface area contributed by atoms with Crippen molar-refractivity contribution in [1.29, 1.82) is 0 Å². The maximum atomic E-state index is 12.4. The molecule has 19 heavy (non-hydrogen) atoms. The topological polar surface area (TPSA) is 35.6 Å². The fourth-order valence-corrected chi connectivity index (χ4v) is 3.38. The molecular weight excluding hydrogens is 238 g/mol. The van der Waals surface area contributed by atoms with Crippen molar-refractivity contribution in [1.82, 2.24) is 15.1 Å². The maximum absolute atomic E-state index is 12.4. The Kier molecular flexibility index (Phi) is 5.64. The smallest absolute Gasteiger partial charge is 0.239 e. The van der Waals surface area contributed by atoms with E-state index in [4.69, 9.17) is 0 Å². The molecule has 0 aromatic heterocycles.